The quantitative estimate of drug-likeness (QED) is 0.715. The number of hydrogen-bond acceptors (Lipinski definition) is 7. The molecule has 3 rings (SSSR count). The molecule has 1 aromatic carbocycles. The van der Waals surface area contributed by atoms with Crippen LogP contribution in [0.2, 0.25) is 0 Å². The first-order chi connectivity index (χ1) is 10.9. The van der Waals surface area contributed by atoms with E-state index in [1.807, 2.05) is 31.2 Å². The van der Waals surface area contributed by atoms with Gasteiger partial charge in [0.1, 0.15) is 0 Å². The van der Waals surface area contributed by atoms with E-state index in [0.717, 1.165) is 22.7 Å². The number of aromatic nitrogens is 5. The van der Waals surface area contributed by atoms with Crippen LogP contribution in [-0.4, -0.2) is 32.8 Å². The molecule has 23 heavy (non-hydrogen) atoms. The maximum absolute atomic E-state index is 12.6. The summed E-state index contributed by atoms with van der Waals surface area (Å²) in [6.45, 7) is 3.73. The number of rotatable bonds is 4. The second-order valence-electron chi connectivity index (χ2n) is 5.27. The minimum atomic E-state index is -3.61. The minimum absolute atomic E-state index is 0.0547. The SMILES string of the molecule is Cc1ccc(-c2nnc(S(=O)(=O)Cc3snnc3C)n2C)cc1. The van der Waals surface area contributed by atoms with Crippen LogP contribution < -0.4 is 0 Å². The van der Waals surface area contributed by atoms with Gasteiger partial charge < -0.3 is 4.57 Å². The summed E-state index contributed by atoms with van der Waals surface area (Å²) in [5, 5.41) is 11.7. The van der Waals surface area contributed by atoms with Gasteiger partial charge in [-0.1, -0.05) is 34.3 Å². The Kier molecular flexibility index (Phi) is 3.99. The number of nitrogens with zero attached hydrogens (tertiary/aromatic N) is 5. The van der Waals surface area contributed by atoms with Crippen LogP contribution in [0, 0.1) is 13.8 Å². The first kappa shape index (κ1) is 15.8. The molecule has 0 aliphatic heterocycles. The highest BCUT2D eigenvalue weighted by Gasteiger charge is 2.25. The lowest BCUT2D eigenvalue weighted by Gasteiger charge is -2.05. The fraction of sp³-hybridized carbons (Fsp3) is 0.286. The van der Waals surface area contributed by atoms with Gasteiger partial charge in [0.05, 0.1) is 16.3 Å². The molecule has 0 saturated carbocycles. The summed E-state index contributed by atoms with van der Waals surface area (Å²) >= 11 is 1.08. The monoisotopic (exact) mass is 349 g/mol. The van der Waals surface area contributed by atoms with Crippen LogP contribution in [0.1, 0.15) is 16.1 Å². The maximum Gasteiger partial charge on any atom is 0.250 e. The first-order valence-corrected chi connectivity index (χ1v) is 9.28. The van der Waals surface area contributed by atoms with E-state index in [9.17, 15) is 8.42 Å². The molecule has 0 N–H and O–H groups in total. The van der Waals surface area contributed by atoms with Crippen molar-refractivity contribution < 1.29 is 8.42 Å². The molecule has 0 amide bonds. The molecule has 0 fully saturated rings. The summed E-state index contributed by atoms with van der Waals surface area (Å²) in [5.74, 6) is 0.346. The molecule has 3 aromatic rings. The van der Waals surface area contributed by atoms with E-state index in [4.69, 9.17) is 0 Å². The zero-order valence-electron chi connectivity index (χ0n) is 12.9. The highest BCUT2D eigenvalue weighted by atomic mass is 32.2. The van der Waals surface area contributed by atoms with E-state index < -0.39 is 9.84 Å². The fourth-order valence-corrected chi connectivity index (χ4v) is 4.62. The molecule has 0 bridgehead atoms. The Hall–Kier alpha value is -2.13. The first-order valence-electron chi connectivity index (χ1n) is 6.85. The summed E-state index contributed by atoms with van der Waals surface area (Å²) in [6.07, 6.45) is 0. The predicted molar refractivity (Wildman–Crippen MR) is 86.7 cm³/mol. The Bertz CT molecular complexity index is 942. The van der Waals surface area contributed by atoms with Crippen LogP contribution in [0.25, 0.3) is 11.4 Å². The normalized spacial score (nSPS) is 11.8. The molecular formula is C14H15N5O2S2. The lowest BCUT2D eigenvalue weighted by molar-refractivity contribution is 0.578. The lowest BCUT2D eigenvalue weighted by Crippen LogP contribution is -2.11. The van der Waals surface area contributed by atoms with Crippen LogP contribution in [0.3, 0.4) is 0 Å². The van der Waals surface area contributed by atoms with Crippen LogP contribution in [-0.2, 0) is 22.6 Å². The molecular weight excluding hydrogens is 334 g/mol. The van der Waals surface area contributed by atoms with Crippen molar-refractivity contribution in [3.8, 4) is 11.4 Å². The van der Waals surface area contributed by atoms with Gasteiger partial charge in [-0.2, -0.15) is 0 Å². The largest absolute Gasteiger partial charge is 0.301 e. The summed E-state index contributed by atoms with van der Waals surface area (Å²) in [4.78, 5) is 0.616. The number of aryl methyl sites for hydroxylation is 2. The summed E-state index contributed by atoms with van der Waals surface area (Å²) in [5.41, 5.74) is 2.57. The van der Waals surface area contributed by atoms with E-state index in [1.54, 1.807) is 14.0 Å². The van der Waals surface area contributed by atoms with Crippen molar-refractivity contribution in [2.75, 3.05) is 0 Å². The van der Waals surface area contributed by atoms with Gasteiger partial charge in [0.15, 0.2) is 5.82 Å². The van der Waals surface area contributed by atoms with Gasteiger partial charge in [-0.3, -0.25) is 0 Å². The molecule has 0 saturated heterocycles. The Morgan fingerprint density at radius 1 is 1.09 bits per heavy atom. The third kappa shape index (κ3) is 3.02. The number of benzene rings is 1. The van der Waals surface area contributed by atoms with E-state index in [-0.39, 0.29) is 10.9 Å². The Balaban J connectivity index is 1.98. The van der Waals surface area contributed by atoms with Crippen LogP contribution in [0.5, 0.6) is 0 Å². The fourth-order valence-electron chi connectivity index (χ4n) is 2.16. The van der Waals surface area contributed by atoms with Gasteiger partial charge in [0.2, 0.25) is 15.0 Å². The second kappa shape index (κ2) is 5.82. The molecule has 0 aliphatic rings. The summed E-state index contributed by atoms with van der Waals surface area (Å²) in [6, 6.07) is 7.69. The van der Waals surface area contributed by atoms with Crippen LogP contribution >= 0.6 is 11.5 Å². The summed E-state index contributed by atoms with van der Waals surface area (Å²) in [7, 11) is -1.96. The summed E-state index contributed by atoms with van der Waals surface area (Å²) < 4.78 is 30.5. The molecule has 0 aliphatic carbocycles. The molecule has 0 radical (unpaired) electrons. The maximum atomic E-state index is 12.6. The third-order valence-electron chi connectivity index (χ3n) is 3.49. The van der Waals surface area contributed by atoms with Crippen LogP contribution in [0.15, 0.2) is 29.4 Å². The number of sulfone groups is 1. The molecule has 2 heterocycles. The zero-order chi connectivity index (χ0) is 16.6. The molecule has 2 aromatic heterocycles. The highest BCUT2D eigenvalue weighted by Crippen LogP contribution is 2.23. The topological polar surface area (TPSA) is 90.6 Å². The lowest BCUT2D eigenvalue weighted by atomic mass is 10.1. The Morgan fingerprint density at radius 2 is 1.78 bits per heavy atom. The third-order valence-corrected chi connectivity index (χ3v) is 6.08. The van der Waals surface area contributed by atoms with Crippen LogP contribution in [0.4, 0.5) is 0 Å². The van der Waals surface area contributed by atoms with Crippen molar-refractivity contribution in [2.45, 2.75) is 24.8 Å². The standard InChI is InChI=1S/C14H15N5O2S2/c1-9-4-6-11(7-5-9)13-16-17-14(19(13)3)23(20,21)8-12-10(2)15-18-22-12/h4-7H,8H2,1-3H3. The van der Waals surface area contributed by atoms with Gasteiger partial charge in [0.25, 0.3) is 0 Å². The molecule has 0 spiro atoms. The Labute approximate surface area is 138 Å². The molecule has 120 valence electrons. The Morgan fingerprint density at radius 3 is 2.39 bits per heavy atom. The van der Waals surface area contributed by atoms with Crippen molar-refractivity contribution in [3.63, 3.8) is 0 Å². The van der Waals surface area contributed by atoms with Gasteiger partial charge in [-0.25, -0.2) is 8.42 Å². The number of hydrogen-bond donors (Lipinski definition) is 0. The van der Waals surface area contributed by atoms with Crippen molar-refractivity contribution in [2.24, 2.45) is 7.05 Å². The molecule has 7 nitrogen and oxygen atoms in total. The second-order valence-corrected chi connectivity index (χ2v) is 7.99. The average Bonchev–Trinajstić information content (AvgIpc) is 3.07. The van der Waals surface area contributed by atoms with E-state index in [0.29, 0.717) is 16.4 Å². The van der Waals surface area contributed by atoms with E-state index in [1.165, 1.54) is 4.57 Å². The van der Waals surface area contributed by atoms with Gasteiger partial charge in [-0.15, -0.1) is 15.3 Å². The molecule has 0 unspecified atom stereocenters. The molecule has 9 heteroatoms. The van der Waals surface area contributed by atoms with Crippen molar-refractivity contribution in [1.82, 2.24) is 24.4 Å². The smallest absolute Gasteiger partial charge is 0.250 e. The van der Waals surface area contributed by atoms with Gasteiger partial charge >= 0.3 is 0 Å². The predicted octanol–water partition coefficient (Wildman–Crippen LogP) is 1.92. The van der Waals surface area contributed by atoms with E-state index >= 15 is 0 Å². The van der Waals surface area contributed by atoms with Crippen molar-refractivity contribution in [3.05, 3.63) is 40.4 Å². The van der Waals surface area contributed by atoms with E-state index in [2.05, 4.69) is 19.8 Å². The van der Waals surface area contributed by atoms with Crippen molar-refractivity contribution >= 4 is 21.4 Å². The minimum Gasteiger partial charge on any atom is -0.301 e. The average molecular weight is 349 g/mol. The van der Waals surface area contributed by atoms with Gasteiger partial charge in [0, 0.05) is 12.6 Å². The van der Waals surface area contributed by atoms with Gasteiger partial charge in [-0.05, 0) is 25.4 Å². The molecule has 0 atom stereocenters. The van der Waals surface area contributed by atoms with Crippen molar-refractivity contribution in [1.29, 1.82) is 0 Å². The highest BCUT2D eigenvalue weighted by molar-refractivity contribution is 7.90. The zero-order valence-corrected chi connectivity index (χ0v) is 14.5.